The van der Waals surface area contributed by atoms with Gasteiger partial charge in [-0.2, -0.15) is 4.31 Å². The first-order valence-corrected chi connectivity index (χ1v) is 10.9. The van der Waals surface area contributed by atoms with Crippen molar-refractivity contribution < 1.29 is 13.2 Å². The van der Waals surface area contributed by atoms with E-state index >= 15 is 0 Å². The highest BCUT2D eigenvalue weighted by Gasteiger charge is 2.32. The largest absolute Gasteiger partial charge is 0.322 e. The van der Waals surface area contributed by atoms with Gasteiger partial charge >= 0.3 is 0 Å². The van der Waals surface area contributed by atoms with Gasteiger partial charge in [0.15, 0.2) is 0 Å². The highest BCUT2D eigenvalue weighted by Crippen LogP contribution is 2.27. The molecule has 0 radical (unpaired) electrons. The molecule has 144 valence electrons. The summed E-state index contributed by atoms with van der Waals surface area (Å²) in [7, 11) is -3.52. The van der Waals surface area contributed by atoms with Crippen LogP contribution in [-0.2, 0) is 10.0 Å². The number of hydrogen-bond donors (Lipinski definition) is 1. The molecule has 2 aromatic carbocycles. The van der Waals surface area contributed by atoms with Crippen molar-refractivity contribution in [3.05, 3.63) is 59.1 Å². The van der Waals surface area contributed by atoms with E-state index in [4.69, 9.17) is 11.6 Å². The maximum atomic E-state index is 13.0. The Morgan fingerprint density at radius 3 is 2.41 bits per heavy atom. The first kappa shape index (κ1) is 19.9. The van der Waals surface area contributed by atoms with Gasteiger partial charge < -0.3 is 5.32 Å². The lowest BCUT2D eigenvalue weighted by molar-refractivity contribution is 0.102. The number of carbonyl (C=O) groups is 1. The molecule has 27 heavy (non-hydrogen) atoms. The number of nitrogens with one attached hydrogen (secondary N) is 1. The molecular formula is C20H23ClN2O3S. The van der Waals surface area contributed by atoms with E-state index in [1.165, 1.54) is 0 Å². The number of carbonyl (C=O) groups excluding carboxylic acids is 1. The molecule has 0 aliphatic carbocycles. The standard InChI is InChI=1S/C20H23ClN2O3S/c1-2-18-5-3-4-14-23(18)27(25,26)19-12-10-17(11-13-19)22-20(24)15-6-8-16(21)9-7-15/h6-13,18H,2-5,14H2,1H3,(H,22,24)/t18-/m1/s1. The highest BCUT2D eigenvalue weighted by atomic mass is 35.5. The number of hydrogen-bond acceptors (Lipinski definition) is 3. The van der Waals surface area contributed by atoms with Gasteiger partial charge in [-0.05, 0) is 67.8 Å². The van der Waals surface area contributed by atoms with Crippen LogP contribution in [0.15, 0.2) is 53.4 Å². The zero-order chi connectivity index (χ0) is 19.4. The summed E-state index contributed by atoms with van der Waals surface area (Å²) in [6.45, 7) is 2.59. The van der Waals surface area contributed by atoms with Gasteiger partial charge in [-0.15, -0.1) is 0 Å². The molecule has 0 unspecified atom stereocenters. The fourth-order valence-corrected chi connectivity index (χ4v) is 5.24. The SMILES string of the molecule is CC[C@@H]1CCCCN1S(=O)(=O)c1ccc(NC(=O)c2ccc(Cl)cc2)cc1. The average Bonchev–Trinajstić information content (AvgIpc) is 2.69. The second-order valence-corrected chi connectivity index (χ2v) is 8.99. The van der Waals surface area contributed by atoms with E-state index in [0.717, 1.165) is 25.7 Å². The van der Waals surface area contributed by atoms with Gasteiger partial charge in [-0.3, -0.25) is 4.79 Å². The van der Waals surface area contributed by atoms with Crippen molar-refractivity contribution in [2.45, 2.75) is 43.5 Å². The van der Waals surface area contributed by atoms with Crippen LogP contribution in [0.5, 0.6) is 0 Å². The molecule has 1 fully saturated rings. The lowest BCUT2D eigenvalue weighted by Gasteiger charge is -2.34. The van der Waals surface area contributed by atoms with Gasteiger partial charge in [0, 0.05) is 28.9 Å². The van der Waals surface area contributed by atoms with Crippen LogP contribution in [0.3, 0.4) is 0 Å². The monoisotopic (exact) mass is 406 g/mol. The van der Waals surface area contributed by atoms with Crippen LogP contribution in [0.1, 0.15) is 43.0 Å². The number of anilines is 1. The third-order valence-electron chi connectivity index (χ3n) is 4.87. The van der Waals surface area contributed by atoms with Crippen molar-refractivity contribution in [3.63, 3.8) is 0 Å². The summed E-state index contributed by atoms with van der Waals surface area (Å²) in [5, 5.41) is 3.32. The van der Waals surface area contributed by atoms with E-state index in [1.807, 2.05) is 6.92 Å². The Labute approximate surface area is 165 Å². The molecule has 0 bridgehead atoms. The number of amides is 1. The lowest BCUT2D eigenvalue weighted by atomic mass is 10.0. The van der Waals surface area contributed by atoms with Crippen LogP contribution in [-0.4, -0.2) is 31.2 Å². The Kier molecular flexibility index (Phi) is 6.19. The topological polar surface area (TPSA) is 66.5 Å². The minimum atomic E-state index is -3.52. The van der Waals surface area contributed by atoms with Gasteiger partial charge in [0.25, 0.3) is 5.91 Å². The van der Waals surface area contributed by atoms with Crippen molar-refractivity contribution in [1.82, 2.24) is 4.31 Å². The number of rotatable bonds is 5. The molecule has 1 saturated heterocycles. The lowest BCUT2D eigenvalue weighted by Crippen LogP contribution is -2.43. The average molecular weight is 407 g/mol. The summed E-state index contributed by atoms with van der Waals surface area (Å²) in [5.74, 6) is -0.274. The third kappa shape index (κ3) is 4.51. The molecule has 1 aliphatic heterocycles. The van der Waals surface area contributed by atoms with Crippen molar-refractivity contribution in [2.24, 2.45) is 0 Å². The molecule has 1 amide bonds. The Hall–Kier alpha value is -1.89. The molecule has 1 aliphatic rings. The predicted octanol–water partition coefficient (Wildman–Crippen LogP) is 4.55. The Balaban J connectivity index is 1.74. The van der Waals surface area contributed by atoms with Gasteiger partial charge in [0.05, 0.1) is 4.90 Å². The quantitative estimate of drug-likeness (QED) is 0.792. The Bertz CT molecular complexity index is 896. The summed E-state index contributed by atoms with van der Waals surface area (Å²) < 4.78 is 27.6. The summed E-state index contributed by atoms with van der Waals surface area (Å²) in [5.41, 5.74) is 1.02. The molecule has 0 spiro atoms. The van der Waals surface area contributed by atoms with Crippen molar-refractivity contribution in [3.8, 4) is 0 Å². The van der Waals surface area contributed by atoms with Gasteiger partial charge in [0.2, 0.25) is 10.0 Å². The number of piperidine rings is 1. The normalized spacial score (nSPS) is 18.2. The van der Waals surface area contributed by atoms with E-state index < -0.39 is 10.0 Å². The summed E-state index contributed by atoms with van der Waals surface area (Å²) in [6.07, 6.45) is 3.69. The highest BCUT2D eigenvalue weighted by molar-refractivity contribution is 7.89. The molecule has 0 saturated carbocycles. The smallest absolute Gasteiger partial charge is 0.255 e. The van der Waals surface area contributed by atoms with Crippen LogP contribution in [0.4, 0.5) is 5.69 Å². The van der Waals surface area contributed by atoms with Crippen molar-refractivity contribution in [1.29, 1.82) is 0 Å². The first-order chi connectivity index (χ1) is 12.9. The van der Waals surface area contributed by atoms with Crippen LogP contribution < -0.4 is 5.32 Å². The Morgan fingerprint density at radius 2 is 1.78 bits per heavy atom. The molecule has 1 heterocycles. The molecule has 5 nitrogen and oxygen atoms in total. The third-order valence-corrected chi connectivity index (χ3v) is 7.09. The van der Waals surface area contributed by atoms with E-state index in [9.17, 15) is 13.2 Å². The second-order valence-electron chi connectivity index (χ2n) is 6.66. The Morgan fingerprint density at radius 1 is 1.11 bits per heavy atom. The summed E-state index contributed by atoms with van der Waals surface area (Å²) >= 11 is 5.83. The maximum Gasteiger partial charge on any atom is 0.255 e. The minimum absolute atomic E-state index is 0.0630. The van der Waals surface area contributed by atoms with Crippen LogP contribution >= 0.6 is 11.6 Å². The molecule has 1 N–H and O–H groups in total. The van der Waals surface area contributed by atoms with E-state index in [1.54, 1.807) is 52.8 Å². The fourth-order valence-electron chi connectivity index (χ4n) is 3.35. The molecule has 3 rings (SSSR count). The second kappa shape index (κ2) is 8.42. The number of benzene rings is 2. The van der Waals surface area contributed by atoms with Gasteiger partial charge in [-0.1, -0.05) is 24.9 Å². The van der Waals surface area contributed by atoms with Gasteiger partial charge in [-0.25, -0.2) is 8.42 Å². The number of halogens is 1. The molecule has 0 aromatic heterocycles. The van der Waals surface area contributed by atoms with Crippen molar-refractivity contribution >= 4 is 33.2 Å². The van der Waals surface area contributed by atoms with Crippen LogP contribution in [0.25, 0.3) is 0 Å². The first-order valence-electron chi connectivity index (χ1n) is 9.10. The van der Waals surface area contributed by atoms with Gasteiger partial charge in [0.1, 0.15) is 0 Å². The summed E-state index contributed by atoms with van der Waals surface area (Å²) in [4.78, 5) is 12.5. The molecule has 1 atom stereocenters. The fraction of sp³-hybridized carbons (Fsp3) is 0.350. The number of sulfonamides is 1. The van der Waals surface area contributed by atoms with Crippen LogP contribution in [0.2, 0.25) is 5.02 Å². The zero-order valence-corrected chi connectivity index (χ0v) is 16.8. The molecule has 7 heteroatoms. The minimum Gasteiger partial charge on any atom is -0.322 e. The summed E-state index contributed by atoms with van der Waals surface area (Å²) in [6, 6.07) is 13.0. The predicted molar refractivity (Wildman–Crippen MR) is 108 cm³/mol. The molecule has 2 aromatic rings. The molecular weight excluding hydrogens is 384 g/mol. The van der Waals surface area contributed by atoms with Crippen LogP contribution in [0, 0.1) is 0 Å². The van der Waals surface area contributed by atoms with E-state index in [0.29, 0.717) is 22.8 Å². The maximum absolute atomic E-state index is 13.0. The van der Waals surface area contributed by atoms with E-state index in [2.05, 4.69) is 5.32 Å². The zero-order valence-electron chi connectivity index (χ0n) is 15.2. The van der Waals surface area contributed by atoms with E-state index in [-0.39, 0.29) is 16.8 Å². The number of nitrogens with zero attached hydrogens (tertiary/aromatic N) is 1. The van der Waals surface area contributed by atoms with Crippen molar-refractivity contribution in [2.75, 3.05) is 11.9 Å².